The molecule has 1 atom stereocenters. The number of halogens is 1. The van der Waals surface area contributed by atoms with Crippen molar-refractivity contribution in [1.82, 2.24) is 4.98 Å². The molecule has 4 aromatic rings. The lowest BCUT2D eigenvalue weighted by atomic mass is 10.2. The molecule has 4 rings (SSSR count). The molecule has 6 heteroatoms. The zero-order chi connectivity index (χ0) is 18.1. The van der Waals surface area contributed by atoms with E-state index in [0.29, 0.717) is 33.2 Å². The molecule has 0 N–H and O–H groups in total. The van der Waals surface area contributed by atoms with Crippen LogP contribution in [0.25, 0.3) is 22.6 Å². The Morgan fingerprint density at radius 2 is 1.69 bits per heavy atom. The van der Waals surface area contributed by atoms with Crippen molar-refractivity contribution in [3.8, 4) is 11.5 Å². The van der Waals surface area contributed by atoms with E-state index in [-0.39, 0.29) is 5.82 Å². The van der Waals surface area contributed by atoms with Crippen molar-refractivity contribution < 1.29 is 17.9 Å². The molecule has 130 valence electrons. The van der Waals surface area contributed by atoms with E-state index in [4.69, 9.17) is 8.94 Å². The lowest BCUT2D eigenvalue weighted by molar-refractivity contribution is 0.412. The normalized spacial score (nSPS) is 13.6. The minimum atomic E-state index is -3.22. The summed E-state index contributed by atoms with van der Waals surface area (Å²) in [5.41, 5.74) is 1.79. The zero-order valence-electron chi connectivity index (χ0n) is 13.9. The van der Waals surface area contributed by atoms with Crippen LogP contribution in [0.4, 0.5) is 4.39 Å². The Hall–Kier alpha value is -2.75. The molecule has 0 saturated heterocycles. The average Bonchev–Trinajstić information content (AvgIpc) is 3.12. The van der Waals surface area contributed by atoms with E-state index in [1.165, 1.54) is 19.2 Å². The van der Waals surface area contributed by atoms with Crippen molar-refractivity contribution in [2.45, 2.75) is 0 Å². The molecule has 0 aliphatic carbocycles. The number of rotatable bonds is 4. The Bertz CT molecular complexity index is 1110. The molecule has 1 aromatic heterocycles. The van der Waals surface area contributed by atoms with Gasteiger partial charge >= 0.3 is 0 Å². The smallest absolute Gasteiger partial charge is 0.261 e. The summed E-state index contributed by atoms with van der Waals surface area (Å²) in [6, 6.07) is 20.1. The Morgan fingerprint density at radius 1 is 0.962 bits per heavy atom. The van der Waals surface area contributed by atoms with Crippen LogP contribution in [0.3, 0.4) is 0 Å². The molecule has 0 fully saturated rings. The fourth-order valence-corrected chi connectivity index (χ4v) is 4.64. The summed E-state index contributed by atoms with van der Waals surface area (Å²) in [5, 5.41) is 1.14. The van der Waals surface area contributed by atoms with Crippen molar-refractivity contribution in [2.75, 3.05) is 7.11 Å². The summed E-state index contributed by atoms with van der Waals surface area (Å²) in [4.78, 5) is 4.41. The SMILES string of the molecule is COP(=O)(c1ccccc1)c1ccc2nc(-c3ccc(F)cc3)oc2c1. The third kappa shape index (κ3) is 2.85. The van der Waals surface area contributed by atoms with E-state index in [0.717, 1.165) is 0 Å². The maximum atomic E-state index is 13.4. The van der Waals surface area contributed by atoms with E-state index in [1.54, 1.807) is 42.5 Å². The molecular formula is C20H15FNO3P. The van der Waals surface area contributed by atoms with E-state index >= 15 is 0 Å². The fraction of sp³-hybridized carbons (Fsp3) is 0.0500. The Kier molecular flexibility index (Phi) is 4.19. The summed E-state index contributed by atoms with van der Waals surface area (Å²) in [6.07, 6.45) is 0. The van der Waals surface area contributed by atoms with Crippen LogP contribution in [0.5, 0.6) is 0 Å². The monoisotopic (exact) mass is 367 g/mol. The first-order chi connectivity index (χ1) is 12.6. The largest absolute Gasteiger partial charge is 0.436 e. The van der Waals surface area contributed by atoms with E-state index in [2.05, 4.69) is 4.98 Å². The average molecular weight is 367 g/mol. The molecule has 0 aliphatic rings. The van der Waals surface area contributed by atoms with Gasteiger partial charge in [0.2, 0.25) is 5.89 Å². The first-order valence-corrected chi connectivity index (χ1v) is 9.61. The molecule has 0 bridgehead atoms. The van der Waals surface area contributed by atoms with Crippen LogP contribution in [0, 0.1) is 5.82 Å². The van der Waals surface area contributed by atoms with Crippen molar-refractivity contribution >= 4 is 29.1 Å². The quantitative estimate of drug-likeness (QED) is 0.498. The number of hydrogen-bond donors (Lipinski definition) is 0. The van der Waals surface area contributed by atoms with Crippen molar-refractivity contribution in [3.05, 3.63) is 78.6 Å². The van der Waals surface area contributed by atoms with Crippen molar-refractivity contribution in [2.24, 2.45) is 0 Å². The second kappa shape index (κ2) is 6.52. The third-order valence-electron chi connectivity index (χ3n) is 4.16. The standard InChI is InChI=1S/C20H15FNO3P/c1-24-26(23,16-5-3-2-4-6-16)17-11-12-18-19(13-17)25-20(22-18)14-7-9-15(21)10-8-14/h2-13H,1H3. The van der Waals surface area contributed by atoms with Gasteiger partial charge in [-0.3, -0.25) is 4.57 Å². The van der Waals surface area contributed by atoms with Gasteiger partial charge in [0.15, 0.2) is 5.58 Å². The molecule has 26 heavy (non-hydrogen) atoms. The lowest BCUT2D eigenvalue weighted by Crippen LogP contribution is -2.16. The van der Waals surface area contributed by atoms with Crippen LogP contribution in [0.15, 0.2) is 77.2 Å². The number of benzene rings is 3. The van der Waals surface area contributed by atoms with Gasteiger partial charge < -0.3 is 8.94 Å². The van der Waals surface area contributed by atoms with Crippen LogP contribution in [-0.4, -0.2) is 12.1 Å². The number of oxazole rings is 1. The Labute approximate surface area is 149 Å². The van der Waals surface area contributed by atoms with Gasteiger partial charge in [-0.15, -0.1) is 0 Å². The second-order valence-electron chi connectivity index (χ2n) is 5.75. The molecular weight excluding hydrogens is 352 g/mol. The number of aromatic nitrogens is 1. The van der Waals surface area contributed by atoms with Gasteiger partial charge in [-0.05, 0) is 54.6 Å². The van der Waals surface area contributed by atoms with Gasteiger partial charge in [0, 0.05) is 23.3 Å². The minimum absolute atomic E-state index is 0.323. The maximum Gasteiger partial charge on any atom is 0.261 e. The summed E-state index contributed by atoms with van der Waals surface area (Å²) >= 11 is 0. The highest BCUT2D eigenvalue weighted by Gasteiger charge is 2.28. The highest BCUT2D eigenvalue weighted by atomic mass is 31.2. The molecule has 1 heterocycles. The first kappa shape index (κ1) is 16.7. The van der Waals surface area contributed by atoms with Crippen LogP contribution in [0.1, 0.15) is 0 Å². The summed E-state index contributed by atoms with van der Waals surface area (Å²) in [5.74, 6) is 0.0557. The van der Waals surface area contributed by atoms with Gasteiger partial charge in [0.1, 0.15) is 11.3 Å². The molecule has 1 unspecified atom stereocenters. The van der Waals surface area contributed by atoms with Gasteiger partial charge in [0.05, 0.1) is 0 Å². The van der Waals surface area contributed by atoms with Gasteiger partial charge in [-0.1, -0.05) is 18.2 Å². The molecule has 0 spiro atoms. The van der Waals surface area contributed by atoms with Crippen LogP contribution < -0.4 is 10.6 Å². The molecule has 0 saturated carbocycles. The lowest BCUT2D eigenvalue weighted by Gasteiger charge is -2.16. The van der Waals surface area contributed by atoms with Gasteiger partial charge in [-0.25, -0.2) is 9.37 Å². The topological polar surface area (TPSA) is 52.3 Å². The van der Waals surface area contributed by atoms with E-state index in [1.807, 2.05) is 18.2 Å². The van der Waals surface area contributed by atoms with Crippen LogP contribution in [-0.2, 0) is 9.09 Å². The molecule has 0 radical (unpaired) electrons. The predicted octanol–water partition coefficient (Wildman–Crippen LogP) is 4.51. The highest BCUT2D eigenvalue weighted by molar-refractivity contribution is 7.74. The first-order valence-electron chi connectivity index (χ1n) is 7.99. The maximum absolute atomic E-state index is 13.4. The summed E-state index contributed by atoms with van der Waals surface area (Å²) < 4.78 is 37.7. The van der Waals surface area contributed by atoms with Crippen molar-refractivity contribution in [3.63, 3.8) is 0 Å². The number of fused-ring (bicyclic) bond motifs is 1. The number of nitrogens with zero attached hydrogens (tertiary/aromatic N) is 1. The number of hydrogen-bond acceptors (Lipinski definition) is 4. The minimum Gasteiger partial charge on any atom is -0.436 e. The van der Waals surface area contributed by atoms with Crippen LogP contribution >= 0.6 is 7.37 Å². The molecule has 0 aliphatic heterocycles. The fourth-order valence-electron chi connectivity index (χ4n) is 2.80. The van der Waals surface area contributed by atoms with Crippen LogP contribution in [0.2, 0.25) is 0 Å². The highest BCUT2D eigenvalue weighted by Crippen LogP contribution is 2.44. The van der Waals surface area contributed by atoms with Crippen molar-refractivity contribution in [1.29, 1.82) is 0 Å². The second-order valence-corrected chi connectivity index (χ2v) is 8.25. The predicted molar refractivity (Wildman–Crippen MR) is 99.7 cm³/mol. The summed E-state index contributed by atoms with van der Waals surface area (Å²) in [6.45, 7) is 0. The van der Waals surface area contributed by atoms with Gasteiger partial charge in [0.25, 0.3) is 7.37 Å². The molecule has 4 nitrogen and oxygen atoms in total. The molecule has 0 amide bonds. The Morgan fingerprint density at radius 3 is 2.38 bits per heavy atom. The van der Waals surface area contributed by atoms with E-state index in [9.17, 15) is 8.96 Å². The summed E-state index contributed by atoms with van der Waals surface area (Å²) in [7, 11) is -1.78. The third-order valence-corrected chi connectivity index (χ3v) is 6.61. The Balaban J connectivity index is 1.80. The zero-order valence-corrected chi connectivity index (χ0v) is 14.8. The van der Waals surface area contributed by atoms with E-state index < -0.39 is 7.37 Å². The van der Waals surface area contributed by atoms with Gasteiger partial charge in [-0.2, -0.15) is 0 Å². The molecule has 3 aromatic carbocycles.